The molecule has 0 bridgehead atoms. The Hall–Kier alpha value is -1.61. The van der Waals surface area contributed by atoms with E-state index in [0.717, 1.165) is 5.56 Å². The van der Waals surface area contributed by atoms with Gasteiger partial charge >= 0.3 is 5.97 Å². The fourth-order valence-corrected chi connectivity index (χ4v) is 1.82. The Bertz CT molecular complexity index is 532. The van der Waals surface area contributed by atoms with Crippen molar-refractivity contribution in [1.82, 2.24) is 0 Å². The van der Waals surface area contributed by atoms with E-state index in [4.69, 9.17) is 16.3 Å². The van der Waals surface area contributed by atoms with Crippen LogP contribution in [-0.4, -0.2) is 11.9 Å². The zero-order valence-corrected chi connectivity index (χ0v) is 11.1. The van der Waals surface area contributed by atoms with Crippen molar-refractivity contribution in [3.63, 3.8) is 0 Å². The zero-order chi connectivity index (χ0) is 13.1. The maximum atomic E-state index is 11.6. The summed E-state index contributed by atoms with van der Waals surface area (Å²) in [4.78, 5) is 15.8. The summed E-state index contributed by atoms with van der Waals surface area (Å²) in [5.41, 5.74) is 1.07. The van der Waals surface area contributed by atoms with Crippen LogP contribution in [-0.2, 0) is 9.53 Å². The van der Waals surface area contributed by atoms with E-state index >= 15 is 0 Å². The maximum Gasteiger partial charge on any atom is 0.363 e. The summed E-state index contributed by atoms with van der Waals surface area (Å²) < 4.78 is 5.10. The molecule has 0 spiro atoms. The molecule has 0 amide bonds. The predicted octanol–water partition coefficient (Wildman–Crippen LogP) is 3.68. The van der Waals surface area contributed by atoms with Crippen molar-refractivity contribution in [2.75, 3.05) is 0 Å². The normalized spacial score (nSPS) is 17.2. The number of hydrogen-bond acceptors (Lipinski definition) is 3. The Morgan fingerprint density at radius 3 is 2.78 bits per heavy atom. The predicted molar refractivity (Wildman–Crippen MR) is 72.4 cm³/mol. The molecule has 3 nitrogen and oxygen atoms in total. The number of rotatable bonds is 3. The van der Waals surface area contributed by atoms with E-state index in [0.29, 0.717) is 29.0 Å². The Kier molecular flexibility index (Phi) is 3.82. The molecule has 1 heterocycles. The van der Waals surface area contributed by atoms with Crippen LogP contribution < -0.4 is 0 Å². The van der Waals surface area contributed by atoms with E-state index in [9.17, 15) is 4.79 Å². The van der Waals surface area contributed by atoms with Gasteiger partial charge in [0.2, 0.25) is 0 Å². The molecule has 4 heteroatoms. The van der Waals surface area contributed by atoms with Gasteiger partial charge in [-0.1, -0.05) is 43.6 Å². The Labute approximate surface area is 111 Å². The van der Waals surface area contributed by atoms with Crippen LogP contribution in [0, 0.1) is 5.92 Å². The third-order valence-electron chi connectivity index (χ3n) is 2.45. The highest BCUT2D eigenvalue weighted by atomic mass is 35.5. The lowest BCUT2D eigenvalue weighted by atomic mass is 10.1. The van der Waals surface area contributed by atoms with Crippen LogP contribution in [0.25, 0.3) is 6.08 Å². The van der Waals surface area contributed by atoms with Crippen molar-refractivity contribution in [1.29, 1.82) is 0 Å². The average Bonchev–Trinajstić information content (AvgIpc) is 2.61. The summed E-state index contributed by atoms with van der Waals surface area (Å²) in [6, 6.07) is 7.30. The highest BCUT2D eigenvalue weighted by Gasteiger charge is 2.23. The van der Waals surface area contributed by atoms with Crippen molar-refractivity contribution < 1.29 is 9.53 Å². The smallest absolute Gasteiger partial charge is 0.363 e. The monoisotopic (exact) mass is 263 g/mol. The second kappa shape index (κ2) is 5.36. The lowest BCUT2D eigenvalue weighted by molar-refractivity contribution is -0.130. The molecule has 0 unspecified atom stereocenters. The molecule has 2 rings (SSSR count). The molecule has 94 valence electrons. The third-order valence-corrected chi connectivity index (χ3v) is 2.79. The van der Waals surface area contributed by atoms with Gasteiger partial charge in [-0.25, -0.2) is 9.79 Å². The molecule has 18 heavy (non-hydrogen) atoms. The van der Waals surface area contributed by atoms with Gasteiger partial charge in [0.1, 0.15) is 0 Å². The number of aliphatic imine (C=N–C) groups is 1. The lowest BCUT2D eigenvalue weighted by Gasteiger charge is -2.01. The quantitative estimate of drug-likeness (QED) is 0.616. The van der Waals surface area contributed by atoms with Gasteiger partial charge < -0.3 is 4.74 Å². The van der Waals surface area contributed by atoms with E-state index in [-0.39, 0.29) is 0 Å². The Morgan fingerprint density at radius 2 is 2.11 bits per heavy atom. The van der Waals surface area contributed by atoms with Gasteiger partial charge in [0.15, 0.2) is 11.6 Å². The molecule has 0 saturated carbocycles. The highest BCUT2D eigenvalue weighted by Crippen LogP contribution is 2.22. The van der Waals surface area contributed by atoms with Crippen LogP contribution in [0.1, 0.15) is 25.8 Å². The molecule has 0 radical (unpaired) electrons. The summed E-state index contributed by atoms with van der Waals surface area (Å²) >= 11 is 6.03. The van der Waals surface area contributed by atoms with Crippen LogP contribution in [0.4, 0.5) is 0 Å². The number of ether oxygens (including phenoxy) is 1. The highest BCUT2D eigenvalue weighted by molar-refractivity contribution is 6.32. The maximum absolute atomic E-state index is 11.6. The topological polar surface area (TPSA) is 38.7 Å². The van der Waals surface area contributed by atoms with Crippen LogP contribution in [0.15, 0.2) is 35.0 Å². The fourth-order valence-electron chi connectivity index (χ4n) is 1.63. The van der Waals surface area contributed by atoms with Crippen LogP contribution >= 0.6 is 11.6 Å². The van der Waals surface area contributed by atoms with Crippen molar-refractivity contribution in [2.24, 2.45) is 10.9 Å². The number of carbonyl (C=O) groups is 1. The first-order chi connectivity index (χ1) is 8.56. The SMILES string of the molecule is CC(C)CC1=N/C(=C\c2ccccc2Cl)C(=O)O1. The van der Waals surface area contributed by atoms with Gasteiger partial charge in [0.05, 0.1) is 0 Å². The van der Waals surface area contributed by atoms with E-state index < -0.39 is 5.97 Å². The molecule has 0 aliphatic carbocycles. The minimum atomic E-state index is -0.412. The minimum Gasteiger partial charge on any atom is -0.407 e. The molecule has 1 aromatic carbocycles. The molecule has 0 atom stereocenters. The summed E-state index contributed by atoms with van der Waals surface area (Å²) in [7, 11) is 0. The number of nitrogens with zero attached hydrogens (tertiary/aromatic N) is 1. The minimum absolute atomic E-state index is 0.304. The van der Waals surface area contributed by atoms with Gasteiger partial charge in [-0.2, -0.15) is 0 Å². The van der Waals surface area contributed by atoms with Gasteiger partial charge in [-0.3, -0.25) is 0 Å². The summed E-state index contributed by atoms with van der Waals surface area (Å²) in [6.45, 7) is 4.10. The Balaban J connectivity index is 2.26. The van der Waals surface area contributed by atoms with Gasteiger partial charge in [-0.05, 0) is 23.6 Å². The Morgan fingerprint density at radius 1 is 1.39 bits per heavy atom. The molecular formula is C14H14ClNO2. The van der Waals surface area contributed by atoms with Crippen molar-refractivity contribution >= 4 is 29.5 Å². The number of carbonyl (C=O) groups excluding carboxylic acids is 1. The molecule has 0 aromatic heterocycles. The van der Waals surface area contributed by atoms with Gasteiger partial charge in [0.25, 0.3) is 0 Å². The first-order valence-corrected chi connectivity index (χ1v) is 6.20. The molecule has 0 fully saturated rings. The van der Waals surface area contributed by atoms with Crippen LogP contribution in [0.5, 0.6) is 0 Å². The number of halogens is 1. The number of cyclic esters (lactones) is 1. The first kappa shape index (κ1) is 12.8. The van der Waals surface area contributed by atoms with E-state index in [1.807, 2.05) is 32.0 Å². The fraction of sp³-hybridized carbons (Fsp3) is 0.286. The second-order valence-corrected chi connectivity index (χ2v) is 4.95. The molecule has 1 aromatic rings. The van der Waals surface area contributed by atoms with Crippen LogP contribution in [0.2, 0.25) is 5.02 Å². The first-order valence-electron chi connectivity index (χ1n) is 5.82. The van der Waals surface area contributed by atoms with Crippen molar-refractivity contribution in [2.45, 2.75) is 20.3 Å². The molecular weight excluding hydrogens is 250 g/mol. The molecule has 0 saturated heterocycles. The van der Waals surface area contributed by atoms with Gasteiger partial charge in [0, 0.05) is 11.4 Å². The van der Waals surface area contributed by atoms with Crippen molar-refractivity contribution in [3.05, 3.63) is 40.5 Å². The largest absolute Gasteiger partial charge is 0.407 e. The molecule has 1 aliphatic rings. The number of esters is 1. The number of hydrogen-bond donors (Lipinski definition) is 0. The van der Waals surface area contributed by atoms with E-state index in [1.54, 1.807) is 12.1 Å². The average molecular weight is 264 g/mol. The third kappa shape index (κ3) is 2.99. The molecule has 1 aliphatic heterocycles. The van der Waals surface area contributed by atoms with E-state index in [1.165, 1.54) is 0 Å². The number of benzene rings is 1. The summed E-state index contributed by atoms with van der Waals surface area (Å²) in [5, 5.41) is 0.588. The van der Waals surface area contributed by atoms with Crippen molar-refractivity contribution in [3.8, 4) is 0 Å². The summed E-state index contributed by atoms with van der Waals surface area (Å²) in [5.74, 6) is 0.468. The van der Waals surface area contributed by atoms with Gasteiger partial charge in [-0.15, -0.1) is 0 Å². The lowest BCUT2D eigenvalue weighted by Crippen LogP contribution is -2.06. The zero-order valence-electron chi connectivity index (χ0n) is 10.3. The van der Waals surface area contributed by atoms with Crippen LogP contribution in [0.3, 0.4) is 0 Å². The second-order valence-electron chi connectivity index (χ2n) is 4.54. The molecule has 0 N–H and O–H groups in total. The standard InChI is InChI=1S/C14H14ClNO2/c1-9(2)7-13-16-12(14(17)18-13)8-10-5-3-4-6-11(10)15/h3-6,8-9H,7H2,1-2H3/b12-8-. The summed E-state index contributed by atoms with van der Waals surface area (Å²) in [6.07, 6.45) is 2.31. The van der Waals surface area contributed by atoms with E-state index in [2.05, 4.69) is 4.99 Å².